The van der Waals surface area contributed by atoms with E-state index in [1.165, 1.54) is 26.4 Å². The average molecular weight is 296 g/mol. The van der Waals surface area contributed by atoms with Crippen molar-refractivity contribution in [2.75, 3.05) is 33.3 Å². The Labute approximate surface area is 129 Å². The lowest BCUT2D eigenvalue weighted by Gasteiger charge is -2.40. The Kier molecular flexibility index (Phi) is 6.06. The highest BCUT2D eigenvalue weighted by Crippen LogP contribution is 2.41. The van der Waals surface area contributed by atoms with Gasteiger partial charge in [0.2, 0.25) is 0 Å². The Balaban J connectivity index is 2.02. The van der Waals surface area contributed by atoms with Gasteiger partial charge >= 0.3 is 5.97 Å². The summed E-state index contributed by atoms with van der Waals surface area (Å²) in [5, 5.41) is 3.55. The predicted molar refractivity (Wildman–Crippen MR) is 85.2 cm³/mol. The number of carbonyl (C=O) groups excluding carboxylic acids is 1. The number of hydrogen-bond donors (Lipinski definition) is 1. The largest absolute Gasteiger partial charge is 0.468 e. The van der Waals surface area contributed by atoms with Crippen LogP contribution in [-0.4, -0.2) is 49.7 Å². The quantitative estimate of drug-likeness (QED) is 0.699. The van der Waals surface area contributed by atoms with Crippen molar-refractivity contribution in [3.05, 3.63) is 0 Å². The summed E-state index contributed by atoms with van der Waals surface area (Å²) in [4.78, 5) is 15.0. The highest BCUT2D eigenvalue weighted by molar-refractivity contribution is 5.82. The van der Waals surface area contributed by atoms with E-state index in [2.05, 4.69) is 24.1 Å². The van der Waals surface area contributed by atoms with Gasteiger partial charge in [0.15, 0.2) is 0 Å². The minimum Gasteiger partial charge on any atom is -0.468 e. The summed E-state index contributed by atoms with van der Waals surface area (Å²) >= 11 is 0. The summed E-state index contributed by atoms with van der Waals surface area (Å²) in [5.74, 6) is 1.27. The highest BCUT2D eigenvalue weighted by Gasteiger charge is 2.52. The molecule has 2 fully saturated rings. The molecule has 1 N–H and O–H groups in total. The Bertz CT molecular complexity index is 336. The van der Waals surface area contributed by atoms with Crippen molar-refractivity contribution in [2.24, 2.45) is 11.8 Å². The molecule has 1 saturated carbocycles. The van der Waals surface area contributed by atoms with Crippen LogP contribution in [0.25, 0.3) is 0 Å². The number of ether oxygens (including phenoxy) is 1. The van der Waals surface area contributed by atoms with Crippen molar-refractivity contribution in [2.45, 2.75) is 57.9 Å². The fraction of sp³-hybridized carbons (Fsp3) is 0.941. The van der Waals surface area contributed by atoms with E-state index in [0.717, 1.165) is 51.4 Å². The molecule has 0 aromatic rings. The number of nitrogens with zero attached hydrogens (tertiary/aromatic N) is 1. The van der Waals surface area contributed by atoms with Gasteiger partial charge in [0.05, 0.1) is 7.11 Å². The van der Waals surface area contributed by atoms with Gasteiger partial charge in [0.1, 0.15) is 5.54 Å². The van der Waals surface area contributed by atoms with Crippen LogP contribution in [0.1, 0.15) is 52.4 Å². The topological polar surface area (TPSA) is 41.6 Å². The molecule has 0 spiro atoms. The molecule has 0 bridgehead atoms. The lowest BCUT2D eigenvalue weighted by molar-refractivity contribution is -0.151. The zero-order valence-corrected chi connectivity index (χ0v) is 14.0. The number of hydrogen-bond acceptors (Lipinski definition) is 4. The third-order valence-electron chi connectivity index (χ3n) is 5.27. The maximum absolute atomic E-state index is 12.5. The van der Waals surface area contributed by atoms with E-state index in [1.807, 2.05) is 0 Å². The van der Waals surface area contributed by atoms with Crippen LogP contribution in [0, 0.1) is 11.8 Å². The van der Waals surface area contributed by atoms with Crippen LogP contribution >= 0.6 is 0 Å². The molecule has 0 amide bonds. The van der Waals surface area contributed by atoms with E-state index in [0.29, 0.717) is 5.92 Å². The van der Waals surface area contributed by atoms with Crippen molar-refractivity contribution < 1.29 is 9.53 Å². The smallest absolute Gasteiger partial charge is 0.327 e. The minimum absolute atomic E-state index is 0.0592. The molecule has 122 valence electrons. The van der Waals surface area contributed by atoms with Gasteiger partial charge in [0.25, 0.3) is 0 Å². The Morgan fingerprint density at radius 2 is 1.90 bits per heavy atom. The fourth-order valence-corrected chi connectivity index (χ4v) is 3.64. The molecule has 0 aromatic carbocycles. The first kappa shape index (κ1) is 16.8. The van der Waals surface area contributed by atoms with Crippen LogP contribution < -0.4 is 5.32 Å². The van der Waals surface area contributed by atoms with Crippen molar-refractivity contribution >= 4 is 5.97 Å². The van der Waals surface area contributed by atoms with E-state index in [-0.39, 0.29) is 5.97 Å². The lowest BCUT2D eigenvalue weighted by atomic mass is 9.89. The molecule has 1 aliphatic heterocycles. The maximum Gasteiger partial charge on any atom is 0.327 e. The minimum atomic E-state index is -0.468. The zero-order valence-electron chi connectivity index (χ0n) is 14.0. The zero-order chi connectivity index (χ0) is 15.3. The summed E-state index contributed by atoms with van der Waals surface area (Å²) in [7, 11) is 1.52. The fourth-order valence-electron chi connectivity index (χ4n) is 3.64. The van der Waals surface area contributed by atoms with Crippen molar-refractivity contribution in [1.29, 1.82) is 0 Å². The van der Waals surface area contributed by atoms with Gasteiger partial charge in [-0.1, -0.05) is 20.3 Å². The van der Waals surface area contributed by atoms with Crippen LogP contribution in [0.2, 0.25) is 0 Å². The average Bonchev–Trinajstić information content (AvgIpc) is 3.36. The second-order valence-corrected chi connectivity index (χ2v) is 6.79. The van der Waals surface area contributed by atoms with Crippen LogP contribution in [0.15, 0.2) is 0 Å². The molecule has 1 unspecified atom stereocenters. The number of piperidine rings is 1. The van der Waals surface area contributed by atoms with Crippen LogP contribution in [0.5, 0.6) is 0 Å². The molecule has 1 saturated heterocycles. The van der Waals surface area contributed by atoms with E-state index >= 15 is 0 Å². The standard InChI is InChI=1S/C17H32N2O2/c1-4-10-18-17(15-6-7-15,16(20)21-3)13-19-11-8-14(5-2)9-12-19/h14-15,18H,4-13H2,1-3H3. The monoisotopic (exact) mass is 296 g/mol. The summed E-state index contributed by atoms with van der Waals surface area (Å²) in [6, 6.07) is 0. The molecular formula is C17H32N2O2. The number of nitrogens with one attached hydrogen (secondary N) is 1. The predicted octanol–water partition coefficient (Wildman–Crippen LogP) is 2.43. The number of likely N-dealkylation sites (tertiary alicyclic amines) is 1. The van der Waals surface area contributed by atoms with Crippen LogP contribution in [-0.2, 0) is 9.53 Å². The second-order valence-electron chi connectivity index (χ2n) is 6.79. The van der Waals surface area contributed by atoms with E-state index in [9.17, 15) is 4.79 Å². The Morgan fingerprint density at radius 3 is 2.38 bits per heavy atom. The van der Waals surface area contributed by atoms with Crippen molar-refractivity contribution in [3.63, 3.8) is 0 Å². The highest BCUT2D eigenvalue weighted by atomic mass is 16.5. The van der Waals surface area contributed by atoms with Gasteiger partial charge in [0, 0.05) is 6.54 Å². The van der Waals surface area contributed by atoms with Gasteiger partial charge in [-0.3, -0.25) is 0 Å². The number of rotatable bonds is 8. The van der Waals surface area contributed by atoms with Gasteiger partial charge < -0.3 is 15.0 Å². The molecule has 1 atom stereocenters. The SMILES string of the molecule is CCCNC(CN1CCC(CC)CC1)(C(=O)OC)C1CC1. The molecule has 1 heterocycles. The maximum atomic E-state index is 12.5. The van der Waals surface area contributed by atoms with Gasteiger partial charge in [-0.15, -0.1) is 0 Å². The molecule has 0 radical (unpaired) electrons. The number of methoxy groups -OCH3 is 1. The van der Waals surface area contributed by atoms with E-state index < -0.39 is 5.54 Å². The molecule has 0 aromatic heterocycles. The first-order valence-electron chi connectivity index (χ1n) is 8.72. The normalized spacial score (nSPS) is 23.8. The molecule has 1 aliphatic carbocycles. The van der Waals surface area contributed by atoms with Crippen LogP contribution in [0.3, 0.4) is 0 Å². The van der Waals surface area contributed by atoms with Crippen molar-refractivity contribution in [1.82, 2.24) is 10.2 Å². The molecule has 4 nitrogen and oxygen atoms in total. The Hall–Kier alpha value is -0.610. The van der Waals surface area contributed by atoms with E-state index in [4.69, 9.17) is 4.74 Å². The van der Waals surface area contributed by atoms with Gasteiger partial charge in [-0.25, -0.2) is 4.79 Å². The molecule has 4 heteroatoms. The van der Waals surface area contributed by atoms with Gasteiger partial charge in [-0.2, -0.15) is 0 Å². The summed E-state index contributed by atoms with van der Waals surface area (Å²) in [5.41, 5.74) is -0.468. The third-order valence-corrected chi connectivity index (χ3v) is 5.27. The number of esters is 1. The summed E-state index contributed by atoms with van der Waals surface area (Å²) < 4.78 is 5.17. The first-order chi connectivity index (χ1) is 10.2. The third kappa shape index (κ3) is 3.98. The van der Waals surface area contributed by atoms with Gasteiger partial charge in [-0.05, 0) is 63.6 Å². The molecule has 2 rings (SSSR count). The Morgan fingerprint density at radius 1 is 1.24 bits per heavy atom. The number of carbonyl (C=O) groups is 1. The summed E-state index contributed by atoms with van der Waals surface area (Å²) in [6.45, 7) is 8.38. The molecule has 2 aliphatic rings. The first-order valence-corrected chi connectivity index (χ1v) is 8.72. The second kappa shape index (κ2) is 7.59. The van der Waals surface area contributed by atoms with E-state index in [1.54, 1.807) is 0 Å². The van der Waals surface area contributed by atoms with Crippen LogP contribution in [0.4, 0.5) is 0 Å². The van der Waals surface area contributed by atoms with Crippen molar-refractivity contribution in [3.8, 4) is 0 Å². The molecule has 21 heavy (non-hydrogen) atoms. The lowest BCUT2D eigenvalue weighted by Crippen LogP contribution is -2.62. The molecular weight excluding hydrogens is 264 g/mol. The summed E-state index contributed by atoms with van der Waals surface area (Å²) in [6.07, 6.45) is 7.17.